The van der Waals surface area contributed by atoms with Crippen LogP contribution in [0.5, 0.6) is 0 Å². The third kappa shape index (κ3) is 2.57. The molecular formula is C15H13N3O2S. The quantitative estimate of drug-likeness (QED) is 0.808. The molecule has 1 amide bonds. The van der Waals surface area contributed by atoms with Crippen LogP contribution in [0.4, 0.5) is 5.69 Å². The molecule has 0 spiro atoms. The monoisotopic (exact) mass is 299 g/mol. The highest BCUT2D eigenvalue weighted by atomic mass is 32.1. The Morgan fingerprint density at radius 1 is 1.38 bits per heavy atom. The molecular weight excluding hydrogens is 286 g/mol. The number of pyridine rings is 1. The number of hydrogen-bond acceptors (Lipinski definition) is 4. The Kier molecular flexibility index (Phi) is 3.53. The van der Waals surface area contributed by atoms with Crippen molar-refractivity contribution in [1.82, 2.24) is 9.55 Å². The van der Waals surface area contributed by atoms with Crippen LogP contribution in [-0.2, 0) is 6.54 Å². The molecule has 106 valence electrons. The highest BCUT2D eigenvalue weighted by Gasteiger charge is 2.09. The number of nitrogens with one attached hydrogen (secondary N) is 1. The Balaban J connectivity index is 1.92. The van der Waals surface area contributed by atoms with Gasteiger partial charge in [-0.15, -0.1) is 0 Å². The van der Waals surface area contributed by atoms with Gasteiger partial charge >= 0.3 is 4.87 Å². The highest BCUT2D eigenvalue weighted by Crippen LogP contribution is 2.22. The van der Waals surface area contributed by atoms with Crippen LogP contribution in [0.25, 0.3) is 10.2 Å². The fourth-order valence-corrected chi connectivity index (χ4v) is 3.14. The van der Waals surface area contributed by atoms with Gasteiger partial charge in [0.15, 0.2) is 0 Å². The molecule has 5 nitrogen and oxygen atoms in total. The van der Waals surface area contributed by atoms with E-state index in [1.165, 1.54) is 17.5 Å². The van der Waals surface area contributed by atoms with E-state index in [0.717, 1.165) is 10.2 Å². The molecule has 1 N–H and O–H groups in total. The maximum atomic E-state index is 12.1. The smallest absolute Gasteiger partial charge is 0.308 e. The standard InChI is InChI=1S/C15H13N3O2S/c1-2-18-12-6-5-11(8-13(12)21-15(18)20)17-14(19)10-4-3-7-16-9-10/h3-9H,2H2,1H3,(H,17,19). The summed E-state index contributed by atoms with van der Waals surface area (Å²) in [6.45, 7) is 2.58. The largest absolute Gasteiger partial charge is 0.322 e. The molecule has 0 fully saturated rings. The minimum absolute atomic E-state index is 0.0169. The van der Waals surface area contributed by atoms with Crippen LogP contribution < -0.4 is 10.2 Å². The van der Waals surface area contributed by atoms with Gasteiger partial charge < -0.3 is 5.32 Å². The van der Waals surface area contributed by atoms with E-state index >= 15 is 0 Å². The van der Waals surface area contributed by atoms with Crippen LogP contribution in [0, 0.1) is 0 Å². The zero-order valence-corrected chi connectivity index (χ0v) is 12.2. The van der Waals surface area contributed by atoms with Crippen molar-refractivity contribution in [3.8, 4) is 0 Å². The van der Waals surface area contributed by atoms with Crippen LogP contribution in [0.15, 0.2) is 47.5 Å². The van der Waals surface area contributed by atoms with E-state index in [2.05, 4.69) is 10.3 Å². The number of thiazole rings is 1. The number of fused-ring (bicyclic) bond motifs is 1. The molecule has 0 saturated heterocycles. The summed E-state index contributed by atoms with van der Waals surface area (Å²) >= 11 is 1.18. The molecule has 0 bridgehead atoms. The second-order valence-corrected chi connectivity index (χ2v) is 5.48. The van der Waals surface area contributed by atoms with Crippen molar-refractivity contribution < 1.29 is 4.79 Å². The molecule has 0 aliphatic rings. The fourth-order valence-electron chi connectivity index (χ4n) is 2.14. The maximum Gasteiger partial charge on any atom is 0.308 e. The predicted octanol–water partition coefficient (Wildman–Crippen LogP) is 2.73. The summed E-state index contributed by atoms with van der Waals surface area (Å²) in [5.74, 6) is -0.218. The molecule has 0 aliphatic carbocycles. The van der Waals surface area contributed by atoms with Crippen molar-refractivity contribution in [2.24, 2.45) is 0 Å². The van der Waals surface area contributed by atoms with E-state index < -0.39 is 0 Å². The lowest BCUT2D eigenvalue weighted by molar-refractivity contribution is 0.102. The van der Waals surface area contributed by atoms with Crippen LogP contribution in [-0.4, -0.2) is 15.5 Å². The fraction of sp³-hybridized carbons (Fsp3) is 0.133. The summed E-state index contributed by atoms with van der Waals surface area (Å²) in [7, 11) is 0. The molecule has 6 heteroatoms. The SMILES string of the molecule is CCn1c(=O)sc2cc(NC(=O)c3cccnc3)ccc21. The van der Waals surface area contributed by atoms with Crippen LogP contribution in [0.3, 0.4) is 0 Å². The first-order chi connectivity index (χ1) is 10.2. The zero-order valence-electron chi connectivity index (χ0n) is 11.4. The number of rotatable bonds is 3. The molecule has 2 heterocycles. The number of amides is 1. The van der Waals surface area contributed by atoms with Gasteiger partial charge in [0, 0.05) is 24.6 Å². The van der Waals surface area contributed by atoms with Crippen LogP contribution in [0.2, 0.25) is 0 Å². The topological polar surface area (TPSA) is 64.0 Å². The predicted molar refractivity (Wildman–Crippen MR) is 83.9 cm³/mol. The minimum Gasteiger partial charge on any atom is -0.322 e. The molecule has 3 rings (SSSR count). The molecule has 0 unspecified atom stereocenters. The van der Waals surface area contributed by atoms with Crippen molar-refractivity contribution >= 4 is 33.1 Å². The highest BCUT2D eigenvalue weighted by molar-refractivity contribution is 7.16. The van der Waals surface area contributed by atoms with Gasteiger partial charge in [-0.25, -0.2) is 0 Å². The Morgan fingerprint density at radius 3 is 2.95 bits per heavy atom. The number of aryl methyl sites for hydroxylation is 1. The summed E-state index contributed by atoms with van der Waals surface area (Å²) < 4.78 is 2.58. The number of benzene rings is 1. The number of nitrogens with zero attached hydrogens (tertiary/aromatic N) is 2. The summed E-state index contributed by atoms with van der Waals surface area (Å²) in [6.07, 6.45) is 3.13. The van der Waals surface area contributed by atoms with E-state index in [0.29, 0.717) is 17.8 Å². The van der Waals surface area contributed by atoms with Gasteiger partial charge in [-0.1, -0.05) is 11.3 Å². The third-order valence-corrected chi connectivity index (χ3v) is 4.11. The normalized spacial score (nSPS) is 10.7. The second-order valence-electron chi connectivity index (χ2n) is 4.49. The van der Waals surface area contributed by atoms with Gasteiger partial charge in [0.25, 0.3) is 5.91 Å². The van der Waals surface area contributed by atoms with E-state index in [1.54, 1.807) is 29.0 Å². The van der Waals surface area contributed by atoms with E-state index in [9.17, 15) is 9.59 Å². The summed E-state index contributed by atoms with van der Waals surface area (Å²) in [5, 5.41) is 2.81. The third-order valence-electron chi connectivity index (χ3n) is 3.17. The minimum atomic E-state index is -0.218. The zero-order chi connectivity index (χ0) is 14.8. The van der Waals surface area contributed by atoms with Crippen molar-refractivity contribution in [3.05, 3.63) is 58.0 Å². The average molecular weight is 299 g/mol. The Labute approximate surface area is 124 Å². The van der Waals surface area contributed by atoms with Crippen LogP contribution in [0.1, 0.15) is 17.3 Å². The molecule has 0 aliphatic heterocycles. The first kappa shape index (κ1) is 13.5. The second kappa shape index (κ2) is 5.49. The van der Waals surface area contributed by atoms with E-state index in [1.807, 2.05) is 19.1 Å². The Hall–Kier alpha value is -2.47. The molecule has 0 radical (unpaired) electrons. The van der Waals surface area contributed by atoms with Gasteiger partial charge in [0.05, 0.1) is 15.8 Å². The lowest BCUT2D eigenvalue weighted by atomic mass is 10.2. The van der Waals surface area contributed by atoms with Crippen molar-refractivity contribution in [2.75, 3.05) is 5.32 Å². The van der Waals surface area contributed by atoms with Gasteiger partial charge in [-0.3, -0.25) is 19.1 Å². The van der Waals surface area contributed by atoms with Gasteiger partial charge in [-0.05, 0) is 37.3 Å². The average Bonchev–Trinajstić information content (AvgIpc) is 2.82. The molecule has 0 saturated carbocycles. The van der Waals surface area contributed by atoms with Crippen molar-refractivity contribution in [3.63, 3.8) is 0 Å². The first-order valence-electron chi connectivity index (χ1n) is 6.54. The van der Waals surface area contributed by atoms with E-state index in [4.69, 9.17) is 0 Å². The van der Waals surface area contributed by atoms with Crippen molar-refractivity contribution in [1.29, 1.82) is 0 Å². The summed E-state index contributed by atoms with van der Waals surface area (Å²) in [6, 6.07) is 8.89. The molecule has 0 atom stereocenters. The summed E-state index contributed by atoms with van der Waals surface area (Å²) in [5.41, 5.74) is 2.06. The Morgan fingerprint density at radius 2 is 2.24 bits per heavy atom. The lowest BCUT2D eigenvalue weighted by Crippen LogP contribution is -2.12. The maximum absolute atomic E-state index is 12.1. The number of aromatic nitrogens is 2. The lowest BCUT2D eigenvalue weighted by Gasteiger charge is -2.05. The first-order valence-corrected chi connectivity index (χ1v) is 7.35. The molecule has 21 heavy (non-hydrogen) atoms. The van der Waals surface area contributed by atoms with Gasteiger partial charge in [0.1, 0.15) is 0 Å². The molecule has 2 aromatic heterocycles. The molecule has 3 aromatic rings. The number of anilines is 1. The number of hydrogen-bond donors (Lipinski definition) is 1. The summed E-state index contributed by atoms with van der Waals surface area (Å²) in [4.78, 5) is 27.8. The van der Waals surface area contributed by atoms with E-state index in [-0.39, 0.29) is 10.8 Å². The number of carbonyl (C=O) groups is 1. The number of carbonyl (C=O) groups excluding carboxylic acids is 1. The van der Waals surface area contributed by atoms with Gasteiger partial charge in [-0.2, -0.15) is 0 Å². The van der Waals surface area contributed by atoms with Crippen LogP contribution >= 0.6 is 11.3 Å². The Bertz CT molecular complexity index is 852. The van der Waals surface area contributed by atoms with Gasteiger partial charge in [0.2, 0.25) is 0 Å². The molecule has 1 aromatic carbocycles. The van der Waals surface area contributed by atoms with Crippen molar-refractivity contribution in [2.45, 2.75) is 13.5 Å².